The molecule has 186 valence electrons. The summed E-state index contributed by atoms with van der Waals surface area (Å²) in [5, 5.41) is 0. The van der Waals surface area contributed by atoms with Gasteiger partial charge in [0.25, 0.3) is 0 Å². The van der Waals surface area contributed by atoms with E-state index in [1.165, 1.54) is 58.5 Å². The van der Waals surface area contributed by atoms with Crippen molar-refractivity contribution in [3.8, 4) is 11.1 Å². The summed E-state index contributed by atoms with van der Waals surface area (Å²) in [5.74, 6) is -0.167. The van der Waals surface area contributed by atoms with Crippen LogP contribution in [0.15, 0.2) is 36.4 Å². The molecule has 2 nitrogen and oxygen atoms in total. The smallest absolute Gasteiger partial charge is 0.305 e. The topological polar surface area (TPSA) is 26.3 Å². The van der Waals surface area contributed by atoms with Gasteiger partial charge in [0.1, 0.15) is 0 Å². The molecule has 0 aromatic heterocycles. The molecule has 0 N–H and O–H groups in total. The maximum atomic E-state index is 14.9. The first-order chi connectivity index (χ1) is 16.5. The minimum absolute atomic E-state index is 0.218. The summed E-state index contributed by atoms with van der Waals surface area (Å²) < 4.78 is 34.4. The van der Waals surface area contributed by atoms with Gasteiger partial charge in [0, 0.05) is 12.0 Å². The molecule has 0 radical (unpaired) electrons. The summed E-state index contributed by atoms with van der Waals surface area (Å²) in [7, 11) is 1.39. The lowest BCUT2D eigenvalue weighted by Crippen LogP contribution is -2.15. The van der Waals surface area contributed by atoms with Crippen LogP contribution in [0.4, 0.5) is 8.78 Å². The number of esters is 1. The third kappa shape index (κ3) is 7.65. The number of carbonyl (C=O) groups excluding carboxylic acids is 1. The van der Waals surface area contributed by atoms with E-state index in [0.717, 1.165) is 24.3 Å². The Labute approximate surface area is 204 Å². The van der Waals surface area contributed by atoms with E-state index in [1.54, 1.807) is 12.1 Å². The number of halogens is 2. The third-order valence-electron chi connectivity index (χ3n) is 7.51. The first-order valence-corrected chi connectivity index (χ1v) is 13.1. The van der Waals surface area contributed by atoms with Crippen molar-refractivity contribution < 1.29 is 18.3 Å². The monoisotopic (exact) mass is 470 g/mol. The Morgan fingerprint density at radius 2 is 1.53 bits per heavy atom. The number of carbonyl (C=O) groups is 1. The summed E-state index contributed by atoms with van der Waals surface area (Å²) in [6, 6.07) is 10.9. The molecule has 0 saturated heterocycles. The van der Waals surface area contributed by atoms with Crippen molar-refractivity contribution in [1.82, 2.24) is 0 Å². The van der Waals surface area contributed by atoms with Crippen LogP contribution >= 0.6 is 0 Å². The van der Waals surface area contributed by atoms with Gasteiger partial charge in [0.05, 0.1) is 7.11 Å². The van der Waals surface area contributed by atoms with Crippen LogP contribution in [0.2, 0.25) is 0 Å². The molecule has 1 saturated carbocycles. The third-order valence-corrected chi connectivity index (χ3v) is 7.51. The maximum Gasteiger partial charge on any atom is 0.305 e. The number of ether oxygens (including phenoxy) is 1. The van der Waals surface area contributed by atoms with Crippen LogP contribution in [0, 0.1) is 23.5 Å². The Bertz CT molecular complexity index is 899. The second kappa shape index (κ2) is 13.6. The molecule has 0 spiro atoms. The van der Waals surface area contributed by atoms with Gasteiger partial charge in [0.15, 0.2) is 11.6 Å². The average Bonchev–Trinajstić information content (AvgIpc) is 2.86. The van der Waals surface area contributed by atoms with Crippen LogP contribution in [0.25, 0.3) is 11.1 Å². The molecular weight excluding hydrogens is 430 g/mol. The lowest BCUT2D eigenvalue weighted by molar-refractivity contribution is -0.140. The lowest BCUT2D eigenvalue weighted by Gasteiger charge is -2.28. The molecule has 0 amide bonds. The van der Waals surface area contributed by atoms with Crippen LogP contribution in [0.1, 0.15) is 88.7 Å². The number of benzene rings is 2. The van der Waals surface area contributed by atoms with E-state index in [1.807, 2.05) is 24.3 Å². The van der Waals surface area contributed by atoms with Crippen molar-refractivity contribution in [2.75, 3.05) is 7.11 Å². The van der Waals surface area contributed by atoms with E-state index in [4.69, 9.17) is 0 Å². The molecule has 0 atom stereocenters. The fourth-order valence-corrected chi connectivity index (χ4v) is 5.25. The van der Waals surface area contributed by atoms with Crippen molar-refractivity contribution >= 4 is 5.97 Å². The van der Waals surface area contributed by atoms with Crippen molar-refractivity contribution in [2.24, 2.45) is 11.8 Å². The molecule has 1 fully saturated rings. The molecule has 3 rings (SSSR count). The molecule has 0 aliphatic heterocycles. The van der Waals surface area contributed by atoms with Crippen molar-refractivity contribution in [3.05, 3.63) is 59.2 Å². The predicted octanol–water partition coefficient (Wildman–Crippen LogP) is 8.45. The first-order valence-electron chi connectivity index (χ1n) is 13.1. The molecule has 2 aromatic rings. The van der Waals surface area contributed by atoms with Crippen LogP contribution in [-0.2, 0) is 22.4 Å². The van der Waals surface area contributed by atoms with E-state index < -0.39 is 11.6 Å². The molecule has 2 aromatic carbocycles. The Hall–Kier alpha value is -2.23. The highest BCUT2D eigenvalue weighted by molar-refractivity contribution is 5.69. The SMILES string of the molecule is CCCCCC1CCC(CCc2ccc(-c3ccc(CCCC(=O)OC)cc3)c(F)c2F)CC1. The highest BCUT2D eigenvalue weighted by Crippen LogP contribution is 2.35. The number of hydrogen-bond acceptors (Lipinski definition) is 2. The largest absolute Gasteiger partial charge is 0.469 e. The Kier molecular flexibility index (Phi) is 10.6. The molecule has 4 heteroatoms. The zero-order valence-corrected chi connectivity index (χ0v) is 20.9. The van der Waals surface area contributed by atoms with Crippen LogP contribution in [-0.4, -0.2) is 13.1 Å². The highest BCUT2D eigenvalue weighted by Gasteiger charge is 2.22. The Morgan fingerprint density at radius 1 is 0.853 bits per heavy atom. The van der Waals surface area contributed by atoms with Gasteiger partial charge < -0.3 is 4.74 Å². The van der Waals surface area contributed by atoms with Gasteiger partial charge >= 0.3 is 5.97 Å². The predicted molar refractivity (Wildman–Crippen MR) is 135 cm³/mol. The Morgan fingerprint density at radius 3 is 2.18 bits per heavy atom. The molecule has 1 aliphatic carbocycles. The normalized spacial score (nSPS) is 18.1. The summed E-state index contributed by atoms with van der Waals surface area (Å²) in [6.07, 6.45) is 13.7. The van der Waals surface area contributed by atoms with E-state index in [0.29, 0.717) is 41.9 Å². The fourth-order valence-electron chi connectivity index (χ4n) is 5.25. The van der Waals surface area contributed by atoms with Gasteiger partial charge in [-0.1, -0.05) is 94.7 Å². The summed E-state index contributed by atoms with van der Waals surface area (Å²) in [5.41, 5.74) is 2.52. The standard InChI is InChI=1S/C30H40F2O2/c1-3-4-5-7-22-10-12-24(13-11-22)16-19-26-20-21-27(30(32)29(26)31)25-17-14-23(15-18-25)8-6-9-28(33)34-2/h14-15,17-18,20-22,24H,3-13,16,19H2,1-2H3. The quantitative estimate of drug-likeness (QED) is 0.230. The molecule has 0 unspecified atom stereocenters. The van der Waals surface area contributed by atoms with Crippen molar-refractivity contribution in [2.45, 2.75) is 90.4 Å². The van der Waals surface area contributed by atoms with Gasteiger partial charge in [0.2, 0.25) is 0 Å². The highest BCUT2D eigenvalue weighted by atomic mass is 19.2. The van der Waals surface area contributed by atoms with Gasteiger partial charge in [-0.15, -0.1) is 0 Å². The van der Waals surface area contributed by atoms with Crippen LogP contribution < -0.4 is 0 Å². The molecule has 0 heterocycles. The van der Waals surface area contributed by atoms with Crippen molar-refractivity contribution in [3.63, 3.8) is 0 Å². The molecule has 34 heavy (non-hydrogen) atoms. The molecular formula is C30H40F2O2. The summed E-state index contributed by atoms with van der Waals surface area (Å²) >= 11 is 0. The fraction of sp³-hybridized carbons (Fsp3) is 0.567. The van der Waals surface area contributed by atoms with Gasteiger partial charge in [-0.05, 0) is 54.2 Å². The van der Waals surface area contributed by atoms with Crippen LogP contribution in [0.5, 0.6) is 0 Å². The van der Waals surface area contributed by atoms with Crippen molar-refractivity contribution in [1.29, 1.82) is 0 Å². The van der Waals surface area contributed by atoms with E-state index in [-0.39, 0.29) is 5.97 Å². The number of aryl methyl sites for hydroxylation is 2. The minimum atomic E-state index is -0.754. The zero-order valence-electron chi connectivity index (χ0n) is 20.9. The average molecular weight is 471 g/mol. The number of rotatable bonds is 12. The van der Waals surface area contributed by atoms with Gasteiger partial charge in [-0.3, -0.25) is 4.79 Å². The lowest BCUT2D eigenvalue weighted by atomic mass is 9.77. The first kappa shape index (κ1) is 26.4. The molecule has 1 aliphatic rings. The Balaban J connectivity index is 1.51. The van der Waals surface area contributed by atoms with E-state index in [9.17, 15) is 13.6 Å². The van der Waals surface area contributed by atoms with Crippen LogP contribution in [0.3, 0.4) is 0 Å². The summed E-state index contributed by atoms with van der Waals surface area (Å²) in [4.78, 5) is 11.2. The molecule has 0 bridgehead atoms. The zero-order chi connectivity index (χ0) is 24.3. The number of methoxy groups -OCH3 is 1. The minimum Gasteiger partial charge on any atom is -0.469 e. The number of hydrogen-bond donors (Lipinski definition) is 0. The van der Waals surface area contributed by atoms with E-state index in [2.05, 4.69) is 11.7 Å². The summed E-state index contributed by atoms with van der Waals surface area (Å²) in [6.45, 7) is 2.25. The van der Waals surface area contributed by atoms with Gasteiger partial charge in [-0.2, -0.15) is 0 Å². The van der Waals surface area contributed by atoms with E-state index >= 15 is 0 Å². The second-order valence-corrected chi connectivity index (χ2v) is 9.95. The maximum absolute atomic E-state index is 14.9. The number of unbranched alkanes of at least 4 members (excludes halogenated alkanes) is 2. The van der Waals surface area contributed by atoms with Gasteiger partial charge in [-0.25, -0.2) is 8.78 Å². The second-order valence-electron chi connectivity index (χ2n) is 9.95.